The average molecular weight is 341 g/mol. The van der Waals surface area contributed by atoms with Gasteiger partial charge >= 0.3 is 5.97 Å². The molecule has 2 aromatic carbocycles. The molecule has 0 aliphatic carbocycles. The first-order valence-electron chi connectivity index (χ1n) is 8.06. The van der Waals surface area contributed by atoms with Gasteiger partial charge < -0.3 is 19.5 Å². The van der Waals surface area contributed by atoms with Crippen LogP contribution >= 0.6 is 0 Å². The third-order valence-corrected chi connectivity index (χ3v) is 4.13. The van der Waals surface area contributed by atoms with Crippen LogP contribution in [-0.4, -0.2) is 35.2 Å². The van der Waals surface area contributed by atoms with Crippen LogP contribution in [0.1, 0.15) is 28.4 Å². The Morgan fingerprint density at radius 3 is 2.64 bits per heavy atom. The smallest absolute Gasteiger partial charge is 0.335 e. The fourth-order valence-corrected chi connectivity index (χ4v) is 2.79. The molecule has 2 aromatic rings. The molecule has 0 fully saturated rings. The molecule has 0 spiro atoms. The molecule has 0 saturated heterocycles. The summed E-state index contributed by atoms with van der Waals surface area (Å²) in [6.07, 6.45) is 0.0564. The number of carboxylic acids is 1. The molecule has 6 nitrogen and oxygen atoms in total. The van der Waals surface area contributed by atoms with E-state index in [0.717, 1.165) is 5.56 Å². The summed E-state index contributed by atoms with van der Waals surface area (Å²) < 4.78 is 10.7. The van der Waals surface area contributed by atoms with Crippen LogP contribution in [0.5, 0.6) is 11.5 Å². The van der Waals surface area contributed by atoms with Gasteiger partial charge in [0.1, 0.15) is 0 Å². The fraction of sp³-hybridized carbons (Fsp3) is 0.263. The number of carbonyl (C=O) groups is 2. The van der Waals surface area contributed by atoms with Gasteiger partial charge in [-0.05, 0) is 36.2 Å². The molecule has 0 unspecified atom stereocenters. The second-order valence-corrected chi connectivity index (χ2v) is 5.73. The van der Waals surface area contributed by atoms with E-state index in [1.54, 1.807) is 23.1 Å². The molecule has 3 rings (SSSR count). The molecule has 0 bridgehead atoms. The van der Waals surface area contributed by atoms with Crippen LogP contribution in [0.4, 0.5) is 0 Å². The maximum absolute atomic E-state index is 12.6. The lowest BCUT2D eigenvalue weighted by molar-refractivity contribution is -0.130. The predicted octanol–water partition coefficient (Wildman–Crippen LogP) is 2.70. The Balaban J connectivity index is 1.73. The van der Waals surface area contributed by atoms with Crippen molar-refractivity contribution >= 4 is 11.9 Å². The number of fused-ring (bicyclic) bond motifs is 1. The van der Waals surface area contributed by atoms with Gasteiger partial charge in [0.25, 0.3) is 0 Å². The summed E-state index contributed by atoms with van der Waals surface area (Å²) in [4.78, 5) is 25.6. The zero-order chi connectivity index (χ0) is 17.8. The third kappa shape index (κ3) is 3.74. The normalized spacial score (nSPS) is 12.0. The fourth-order valence-electron chi connectivity index (χ4n) is 2.79. The zero-order valence-electron chi connectivity index (χ0n) is 13.9. The molecule has 1 amide bonds. The van der Waals surface area contributed by atoms with E-state index in [-0.39, 0.29) is 24.7 Å². The van der Waals surface area contributed by atoms with E-state index in [4.69, 9.17) is 9.47 Å². The Morgan fingerprint density at radius 1 is 1.12 bits per heavy atom. The lowest BCUT2D eigenvalue weighted by Gasteiger charge is -2.21. The first kappa shape index (κ1) is 16.8. The van der Waals surface area contributed by atoms with Gasteiger partial charge in [-0.3, -0.25) is 4.79 Å². The number of likely N-dealkylation sites (N-methyl/N-ethyl adjacent to an activating group) is 1. The number of amides is 1. The van der Waals surface area contributed by atoms with Gasteiger partial charge in [-0.25, -0.2) is 4.79 Å². The van der Waals surface area contributed by atoms with Crippen molar-refractivity contribution in [1.29, 1.82) is 0 Å². The van der Waals surface area contributed by atoms with Gasteiger partial charge in [-0.2, -0.15) is 0 Å². The van der Waals surface area contributed by atoms with E-state index in [1.807, 2.05) is 25.1 Å². The molecule has 0 radical (unpaired) electrons. The van der Waals surface area contributed by atoms with Crippen LogP contribution < -0.4 is 9.47 Å². The monoisotopic (exact) mass is 341 g/mol. The number of aromatic carboxylic acids is 1. The van der Waals surface area contributed by atoms with Gasteiger partial charge in [-0.15, -0.1) is 0 Å². The zero-order valence-corrected chi connectivity index (χ0v) is 13.9. The van der Waals surface area contributed by atoms with E-state index < -0.39 is 5.97 Å². The Bertz CT molecular complexity index is 802. The Morgan fingerprint density at radius 2 is 1.88 bits per heavy atom. The highest BCUT2D eigenvalue weighted by Gasteiger charge is 2.19. The molecular formula is C19H19NO5. The minimum atomic E-state index is -1.03. The number of ether oxygens (including phenoxy) is 2. The summed E-state index contributed by atoms with van der Waals surface area (Å²) in [5.41, 5.74) is 1.62. The molecule has 25 heavy (non-hydrogen) atoms. The highest BCUT2D eigenvalue weighted by atomic mass is 16.7. The van der Waals surface area contributed by atoms with Gasteiger partial charge in [0.2, 0.25) is 12.7 Å². The van der Waals surface area contributed by atoms with Crippen LogP contribution in [0, 0.1) is 0 Å². The minimum Gasteiger partial charge on any atom is -0.478 e. The third-order valence-electron chi connectivity index (χ3n) is 4.13. The van der Waals surface area contributed by atoms with Gasteiger partial charge in [0, 0.05) is 13.1 Å². The lowest BCUT2D eigenvalue weighted by Crippen LogP contribution is -2.32. The van der Waals surface area contributed by atoms with Crippen molar-refractivity contribution in [2.24, 2.45) is 0 Å². The number of carboxylic acid groups (broad SMARTS) is 1. The number of rotatable bonds is 6. The van der Waals surface area contributed by atoms with Crippen molar-refractivity contribution in [2.45, 2.75) is 19.9 Å². The Labute approximate surface area is 145 Å². The lowest BCUT2D eigenvalue weighted by atomic mass is 10.0. The summed E-state index contributed by atoms with van der Waals surface area (Å²) >= 11 is 0. The summed E-state index contributed by atoms with van der Waals surface area (Å²) in [6.45, 7) is 3.07. The molecule has 0 saturated carbocycles. The van der Waals surface area contributed by atoms with Crippen molar-refractivity contribution < 1.29 is 24.2 Å². The van der Waals surface area contributed by atoms with Crippen LogP contribution in [-0.2, 0) is 17.8 Å². The summed E-state index contributed by atoms with van der Waals surface area (Å²) in [7, 11) is 0. The predicted molar refractivity (Wildman–Crippen MR) is 90.8 cm³/mol. The molecule has 0 atom stereocenters. The van der Waals surface area contributed by atoms with E-state index in [9.17, 15) is 14.7 Å². The maximum atomic E-state index is 12.6. The summed E-state index contributed by atoms with van der Waals surface area (Å²) in [6, 6.07) is 12.2. The molecule has 1 aliphatic rings. The van der Waals surface area contributed by atoms with Crippen molar-refractivity contribution in [3.05, 3.63) is 59.2 Å². The van der Waals surface area contributed by atoms with Crippen molar-refractivity contribution in [3.8, 4) is 11.5 Å². The molecule has 1 N–H and O–H groups in total. The van der Waals surface area contributed by atoms with E-state index >= 15 is 0 Å². The van der Waals surface area contributed by atoms with Crippen LogP contribution in [0.25, 0.3) is 0 Å². The van der Waals surface area contributed by atoms with Crippen molar-refractivity contribution in [3.63, 3.8) is 0 Å². The van der Waals surface area contributed by atoms with Gasteiger partial charge in [0.05, 0.1) is 12.0 Å². The van der Waals surface area contributed by atoms with Gasteiger partial charge in [0.15, 0.2) is 11.5 Å². The van der Waals surface area contributed by atoms with Crippen molar-refractivity contribution in [2.75, 3.05) is 13.3 Å². The van der Waals surface area contributed by atoms with Crippen molar-refractivity contribution in [1.82, 2.24) is 4.90 Å². The molecule has 0 aromatic heterocycles. The van der Waals surface area contributed by atoms with E-state index in [0.29, 0.717) is 30.2 Å². The van der Waals surface area contributed by atoms with Crippen LogP contribution in [0.2, 0.25) is 0 Å². The largest absolute Gasteiger partial charge is 0.478 e. The van der Waals surface area contributed by atoms with E-state index in [1.165, 1.54) is 6.07 Å². The first-order valence-corrected chi connectivity index (χ1v) is 8.06. The number of hydrogen-bond acceptors (Lipinski definition) is 4. The highest BCUT2D eigenvalue weighted by Crippen LogP contribution is 2.32. The van der Waals surface area contributed by atoms with Crippen LogP contribution in [0.3, 0.4) is 0 Å². The Kier molecular flexibility index (Phi) is 4.88. The quantitative estimate of drug-likeness (QED) is 0.874. The first-order chi connectivity index (χ1) is 12.1. The molecule has 1 heterocycles. The second-order valence-electron chi connectivity index (χ2n) is 5.73. The second kappa shape index (κ2) is 7.25. The van der Waals surface area contributed by atoms with Crippen LogP contribution in [0.15, 0.2) is 42.5 Å². The SMILES string of the molecule is CCN(Cc1ccc2c(c1)OCO2)C(=O)Cc1ccccc1C(=O)O. The number of nitrogens with zero attached hydrogens (tertiary/aromatic N) is 1. The topological polar surface area (TPSA) is 76.1 Å². The maximum Gasteiger partial charge on any atom is 0.335 e. The highest BCUT2D eigenvalue weighted by molar-refractivity contribution is 5.91. The molecule has 6 heteroatoms. The van der Waals surface area contributed by atoms with Gasteiger partial charge in [-0.1, -0.05) is 24.3 Å². The van der Waals surface area contributed by atoms with E-state index in [2.05, 4.69) is 0 Å². The minimum absolute atomic E-state index is 0.0564. The summed E-state index contributed by atoms with van der Waals surface area (Å²) in [5, 5.41) is 9.25. The number of hydrogen-bond donors (Lipinski definition) is 1. The molecule has 130 valence electrons. The molecular weight excluding hydrogens is 322 g/mol. The molecule has 1 aliphatic heterocycles. The Hall–Kier alpha value is -3.02. The standard InChI is InChI=1S/C19H19NO5/c1-2-20(11-13-7-8-16-17(9-13)25-12-24-16)18(21)10-14-5-3-4-6-15(14)19(22)23/h3-9H,2,10-12H2,1H3,(H,22,23). The number of carbonyl (C=O) groups excluding carboxylic acids is 1. The average Bonchev–Trinajstić information content (AvgIpc) is 3.07. The summed E-state index contributed by atoms with van der Waals surface area (Å²) in [5.74, 6) is 0.238. The number of benzene rings is 2.